The molecule has 1 saturated heterocycles. The summed E-state index contributed by atoms with van der Waals surface area (Å²) in [5.41, 5.74) is 1.31. The summed E-state index contributed by atoms with van der Waals surface area (Å²) in [5.74, 6) is 0.180. The number of morpholine rings is 1. The van der Waals surface area contributed by atoms with Crippen molar-refractivity contribution in [2.75, 3.05) is 19.7 Å². The van der Waals surface area contributed by atoms with Crippen LogP contribution in [0.4, 0.5) is 0 Å². The molecule has 4 nitrogen and oxygen atoms in total. The number of ether oxygens (including phenoxy) is 1. The maximum atomic E-state index is 12.5. The quantitative estimate of drug-likeness (QED) is 0.825. The Labute approximate surface area is 111 Å². The van der Waals surface area contributed by atoms with E-state index in [9.17, 15) is 4.79 Å². The summed E-state index contributed by atoms with van der Waals surface area (Å²) in [6, 6.07) is 1.95. The van der Waals surface area contributed by atoms with E-state index in [4.69, 9.17) is 4.74 Å². The van der Waals surface area contributed by atoms with Crippen LogP contribution in [0.1, 0.15) is 17.4 Å². The predicted octanol–water partition coefficient (Wildman–Crippen LogP) is 1.01. The highest BCUT2D eigenvalue weighted by atomic mass is 32.1. The lowest BCUT2D eigenvalue weighted by atomic mass is 10.1. The Morgan fingerprint density at radius 2 is 2.50 bits per heavy atom. The molecule has 5 heteroatoms. The fraction of sp³-hybridized carbons (Fsp3) is 0.615. The monoisotopic (exact) mass is 266 g/mol. The topological polar surface area (TPSA) is 41.6 Å². The van der Waals surface area contributed by atoms with Gasteiger partial charge >= 0.3 is 0 Å². The molecule has 1 amide bonds. The molecular formula is C13H18N2O2S. The minimum Gasteiger partial charge on any atom is -0.375 e. The van der Waals surface area contributed by atoms with Crippen LogP contribution in [-0.2, 0) is 22.5 Å². The minimum absolute atomic E-state index is 0.0323. The van der Waals surface area contributed by atoms with Crippen molar-refractivity contribution in [3.05, 3.63) is 21.9 Å². The molecule has 0 radical (unpaired) electrons. The van der Waals surface area contributed by atoms with Crippen LogP contribution < -0.4 is 5.32 Å². The van der Waals surface area contributed by atoms with Crippen LogP contribution in [0.2, 0.25) is 0 Å². The molecule has 0 bridgehead atoms. The first-order chi connectivity index (χ1) is 8.75. The van der Waals surface area contributed by atoms with Crippen molar-refractivity contribution in [3.8, 4) is 0 Å². The Kier molecular flexibility index (Phi) is 3.37. The molecule has 1 fully saturated rings. The van der Waals surface area contributed by atoms with Gasteiger partial charge in [0.25, 0.3) is 0 Å². The molecule has 0 aliphatic carbocycles. The van der Waals surface area contributed by atoms with Crippen molar-refractivity contribution < 1.29 is 9.53 Å². The third-order valence-corrected chi connectivity index (χ3v) is 4.72. The zero-order chi connectivity index (χ0) is 12.5. The zero-order valence-corrected chi connectivity index (χ0v) is 11.3. The summed E-state index contributed by atoms with van der Waals surface area (Å²) in [5, 5.41) is 5.38. The second-order valence-corrected chi connectivity index (χ2v) is 5.89. The molecule has 0 spiro atoms. The summed E-state index contributed by atoms with van der Waals surface area (Å²) in [6.07, 6.45) is 0.955. The first-order valence-corrected chi connectivity index (χ1v) is 7.32. The first-order valence-electron chi connectivity index (χ1n) is 6.45. The van der Waals surface area contributed by atoms with Crippen molar-refractivity contribution in [2.45, 2.75) is 32.0 Å². The van der Waals surface area contributed by atoms with Crippen molar-refractivity contribution >= 4 is 17.2 Å². The van der Waals surface area contributed by atoms with Gasteiger partial charge in [-0.1, -0.05) is 0 Å². The number of hydrogen-bond acceptors (Lipinski definition) is 4. The van der Waals surface area contributed by atoms with Gasteiger partial charge in [0.1, 0.15) is 6.04 Å². The molecule has 1 aromatic rings. The van der Waals surface area contributed by atoms with E-state index in [2.05, 4.69) is 16.8 Å². The van der Waals surface area contributed by atoms with Gasteiger partial charge in [0.2, 0.25) is 5.91 Å². The van der Waals surface area contributed by atoms with Crippen molar-refractivity contribution in [2.24, 2.45) is 0 Å². The molecule has 2 aliphatic rings. The summed E-state index contributed by atoms with van der Waals surface area (Å²) in [6.45, 7) is 5.01. The molecule has 0 saturated carbocycles. The number of nitrogens with one attached hydrogen (secondary N) is 1. The van der Waals surface area contributed by atoms with Crippen molar-refractivity contribution in [1.29, 1.82) is 0 Å². The molecule has 3 rings (SSSR count). The number of hydrogen-bond donors (Lipinski definition) is 1. The van der Waals surface area contributed by atoms with E-state index < -0.39 is 0 Å². The minimum atomic E-state index is -0.182. The van der Waals surface area contributed by atoms with Crippen LogP contribution in [0, 0.1) is 0 Å². The normalized spacial score (nSPS) is 27.9. The predicted molar refractivity (Wildman–Crippen MR) is 70.6 cm³/mol. The van der Waals surface area contributed by atoms with Crippen LogP contribution in [-0.4, -0.2) is 42.6 Å². The van der Waals surface area contributed by atoms with Gasteiger partial charge in [0.05, 0.1) is 12.7 Å². The Bertz CT molecular complexity index is 446. The molecule has 2 aliphatic heterocycles. The van der Waals surface area contributed by atoms with E-state index in [-0.39, 0.29) is 18.1 Å². The van der Waals surface area contributed by atoms with Gasteiger partial charge in [-0.05, 0) is 30.4 Å². The lowest BCUT2D eigenvalue weighted by Gasteiger charge is -2.35. The third kappa shape index (κ3) is 2.18. The summed E-state index contributed by atoms with van der Waals surface area (Å²) < 4.78 is 5.55. The number of fused-ring (bicyclic) bond motifs is 1. The van der Waals surface area contributed by atoms with E-state index in [0.29, 0.717) is 6.61 Å². The number of nitrogens with zero attached hydrogens (tertiary/aromatic N) is 1. The van der Waals surface area contributed by atoms with Crippen molar-refractivity contribution in [1.82, 2.24) is 10.2 Å². The number of carbonyl (C=O) groups is 1. The second kappa shape index (κ2) is 4.99. The SMILES string of the molecule is C[C@H]1OCCN[C@@H]1C(=O)N1CCc2sccc2C1. The summed E-state index contributed by atoms with van der Waals surface area (Å²) in [7, 11) is 0. The average Bonchev–Trinajstić information content (AvgIpc) is 2.85. The molecule has 1 aromatic heterocycles. The Morgan fingerprint density at radius 1 is 1.61 bits per heavy atom. The van der Waals surface area contributed by atoms with E-state index in [0.717, 1.165) is 26.1 Å². The third-order valence-electron chi connectivity index (χ3n) is 3.70. The molecule has 2 atom stereocenters. The van der Waals surface area contributed by atoms with Gasteiger partial charge in [-0.2, -0.15) is 0 Å². The highest BCUT2D eigenvalue weighted by Gasteiger charge is 2.33. The molecule has 18 heavy (non-hydrogen) atoms. The van der Waals surface area contributed by atoms with Gasteiger partial charge in [0.15, 0.2) is 0 Å². The van der Waals surface area contributed by atoms with Crippen LogP contribution in [0.25, 0.3) is 0 Å². The first kappa shape index (κ1) is 12.1. The molecule has 3 heterocycles. The fourth-order valence-electron chi connectivity index (χ4n) is 2.64. The fourth-order valence-corrected chi connectivity index (χ4v) is 3.53. The lowest BCUT2D eigenvalue weighted by molar-refractivity contribution is -0.140. The van der Waals surface area contributed by atoms with Crippen LogP contribution in [0.5, 0.6) is 0 Å². The Hall–Kier alpha value is -0.910. The van der Waals surface area contributed by atoms with Crippen molar-refractivity contribution in [3.63, 3.8) is 0 Å². The van der Waals surface area contributed by atoms with Crippen LogP contribution >= 0.6 is 11.3 Å². The summed E-state index contributed by atoms with van der Waals surface area (Å²) >= 11 is 1.80. The Balaban J connectivity index is 1.70. The number of rotatable bonds is 1. The van der Waals surface area contributed by atoms with Crippen LogP contribution in [0.3, 0.4) is 0 Å². The molecule has 98 valence electrons. The maximum absolute atomic E-state index is 12.5. The maximum Gasteiger partial charge on any atom is 0.242 e. The van der Waals surface area contributed by atoms with E-state index in [1.165, 1.54) is 10.4 Å². The molecule has 0 unspecified atom stereocenters. The highest BCUT2D eigenvalue weighted by molar-refractivity contribution is 7.10. The average molecular weight is 266 g/mol. The molecule has 0 aromatic carbocycles. The molecule has 1 N–H and O–H groups in total. The zero-order valence-electron chi connectivity index (χ0n) is 10.5. The lowest BCUT2D eigenvalue weighted by Crippen LogP contribution is -2.56. The Morgan fingerprint density at radius 3 is 3.33 bits per heavy atom. The number of amides is 1. The standard InChI is InChI=1S/C13H18N2O2S/c1-9-12(14-4-6-17-9)13(16)15-5-2-11-10(8-15)3-7-18-11/h3,7,9,12,14H,2,4-6,8H2,1H3/t9-,12+/m1/s1. The smallest absolute Gasteiger partial charge is 0.242 e. The largest absolute Gasteiger partial charge is 0.375 e. The van der Waals surface area contributed by atoms with E-state index in [1.54, 1.807) is 11.3 Å². The van der Waals surface area contributed by atoms with E-state index in [1.807, 2.05) is 11.8 Å². The van der Waals surface area contributed by atoms with Gasteiger partial charge < -0.3 is 15.0 Å². The highest BCUT2D eigenvalue weighted by Crippen LogP contribution is 2.24. The number of carbonyl (C=O) groups excluding carboxylic acids is 1. The summed E-state index contributed by atoms with van der Waals surface area (Å²) in [4.78, 5) is 15.9. The molecular weight excluding hydrogens is 248 g/mol. The van der Waals surface area contributed by atoms with Gasteiger partial charge in [-0.15, -0.1) is 11.3 Å². The van der Waals surface area contributed by atoms with Crippen LogP contribution in [0.15, 0.2) is 11.4 Å². The number of thiophene rings is 1. The van der Waals surface area contributed by atoms with E-state index >= 15 is 0 Å². The van der Waals surface area contributed by atoms with Gasteiger partial charge in [0, 0.05) is 24.5 Å². The second-order valence-electron chi connectivity index (χ2n) is 4.89. The van der Waals surface area contributed by atoms with Gasteiger partial charge in [-0.25, -0.2) is 0 Å². The van der Waals surface area contributed by atoms with Gasteiger partial charge in [-0.3, -0.25) is 4.79 Å².